The van der Waals surface area contributed by atoms with Gasteiger partial charge in [-0.25, -0.2) is 0 Å². The van der Waals surface area contributed by atoms with Gasteiger partial charge in [-0.2, -0.15) is 0 Å². The van der Waals surface area contributed by atoms with Gasteiger partial charge in [-0.05, 0) is 47.0 Å². The van der Waals surface area contributed by atoms with E-state index in [-0.39, 0.29) is 19.6 Å². The van der Waals surface area contributed by atoms with E-state index in [2.05, 4.69) is 0 Å². The highest BCUT2D eigenvalue weighted by Gasteiger charge is 2.13. The van der Waals surface area contributed by atoms with Crippen LogP contribution in [0.1, 0.15) is 22.7 Å². The van der Waals surface area contributed by atoms with Gasteiger partial charge in [0.15, 0.2) is 0 Å². The molecule has 4 N–H and O–H groups in total. The van der Waals surface area contributed by atoms with E-state index in [0.717, 1.165) is 33.2 Å². The molecule has 0 aliphatic heterocycles. The van der Waals surface area contributed by atoms with E-state index in [1.807, 2.05) is 48.5 Å². The Morgan fingerprint density at radius 2 is 1.90 bits per heavy atom. The summed E-state index contributed by atoms with van der Waals surface area (Å²) >= 11 is 0. The molecule has 1 atom stereocenters. The molecule has 0 fully saturated rings. The van der Waals surface area contributed by atoms with Gasteiger partial charge < -0.3 is 25.1 Å². The number of nitrogens with two attached hydrogens (primary N) is 1. The van der Waals surface area contributed by atoms with Crippen molar-refractivity contribution in [3.8, 4) is 16.9 Å². The van der Waals surface area contributed by atoms with Crippen LogP contribution < -0.4 is 10.5 Å². The third-order valence-corrected chi connectivity index (χ3v) is 5.14. The second-order valence-corrected chi connectivity index (χ2v) is 7.36. The van der Waals surface area contributed by atoms with Crippen LogP contribution in [0.2, 0.25) is 0 Å². The number of aliphatic hydroxyl groups excluding tert-OH is 1. The molecule has 0 radical (unpaired) electrons. The Morgan fingerprint density at radius 1 is 1.06 bits per heavy atom. The number of para-hydroxylation sites is 1. The molecule has 0 spiro atoms. The molecule has 1 heterocycles. The molecule has 0 saturated heterocycles. The third kappa shape index (κ3) is 4.60. The summed E-state index contributed by atoms with van der Waals surface area (Å²) in [5.74, 6) is -0.353. The molecule has 0 saturated carbocycles. The van der Waals surface area contributed by atoms with Crippen molar-refractivity contribution in [3.63, 3.8) is 0 Å². The predicted octanol–water partition coefficient (Wildman–Crippen LogP) is 4.30. The number of hydrogen-bond donors (Lipinski definition) is 3. The Balaban J connectivity index is 1.67. The molecule has 0 amide bonds. The molecule has 1 aromatic heterocycles. The predicted molar refractivity (Wildman–Crippen MR) is 118 cm³/mol. The number of benzene rings is 3. The van der Waals surface area contributed by atoms with Gasteiger partial charge in [0.1, 0.15) is 17.9 Å². The lowest BCUT2D eigenvalue weighted by molar-refractivity contribution is -0.136. The van der Waals surface area contributed by atoms with Crippen LogP contribution in [0.15, 0.2) is 77.4 Å². The van der Waals surface area contributed by atoms with Gasteiger partial charge in [-0.3, -0.25) is 4.79 Å². The van der Waals surface area contributed by atoms with E-state index < -0.39 is 12.0 Å². The highest BCUT2D eigenvalue weighted by atomic mass is 16.5. The summed E-state index contributed by atoms with van der Waals surface area (Å²) in [6.07, 6.45) is 1.55. The van der Waals surface area contributed by atoms with Crippen LogP contribution in [0.5, 0.6) is 5.75 Å². The molecule has 0 unspecified atom stereocenters. The van der Waals surface area contributed by atoms with Crippen LogP contribution in [0.25, 0.3) is 22.1 Å². The third-order valence-electron chi connectivity index (χ3n) is 5.14. The molecule has 3 aromatic carbocycles. The van der Waals surface area contributed by atoms with E-state index in [1.165, 1.54) is 0 Å². The highest BCUT2D eigenvalue weighted by Crippen LogP contribution is 2.33. The summed E-state index contributed by atoms with van der Waals surface area (Å²) < 4.78 is 11.7. The Hall–Kier alpha value is -3.61. The number of carboxylic acid groups (broad SMARTS) is 1. The van der Waals surface area contributed by atoms with Gasteiger partial charge in [0.05, 0.1) is 25.3 Å². The van der Waals surface area contributed by atoms with Crippen LogP contribution in [0.4, 0.5) is 0 Å². The first-order chi connectivity index (χ1) is 15.0. The van der Waals surface area contributed by atoms with Gasteiger partial charge in [0.2, 0.25) is 0 Å². The minimum Gasteiger partial charge on any atom is -0.489 e. The van der Waals surface area contributed by atoms with E-state index >= 15 is 0 Å². The summed E-state index contributed by atoms with van der Waals surface area (Å²) in [5.41, 5.74) is 11.0. The summed E-state index contributed by atoms with van der Waals surface area (Å²) in [6.45, 7) is 0.143. The average molecular weight is 417 g/mol. The first kappa shape index (κ1) is 20.7. The molecular weight excluding hydrogens is 394 g/mol. The van der Waals surface area contributed by atoms with Gasteiger partial charge in [-0.1, -0.05) is 36.4 Å². The van der Waals surface area contributed by atoms with Crippen molar-refractivity contribution >= 4 is 16.9 Å². The zero-order chi connectivity index (χ0) is 21.8. The fraction of sp³-hybridized carbons (Fsp3) is 0.160. The Bertz CT molecular complexity index is 1210. The lowest BCUT2D eigenvalue weighted by Gasteiger charge is -2.13. The highest BCUT2D eigenvalue weighted by molar-refractivity contribution is 5.93. The standard InChI is InChI=1S/C25H23NO5/c26-22(14-27)18-6-3-5-17(12-18)21-11-16(10-20-8-9-30-25(20)21)15-31-23-7-2-1-4-19(23)13-24(28)29/h1-12,22,27H,13-15,26H2,(H,28,29)/t22-/m1/s1. The minimum atomic E-state index is -0.904. The van der Waals surface area contributed by atoms with E-state index in [9.17, 15) is 9.90 Å². The first-order valence-electron chi connectivity index (χ1n) is 9.94. The number of hydrogen-bond acceptors (Lipinski definition) is 5. The number of aliphatic carboxylic acids is 1. The van der Waals surface area contributed by atoms with E-state index in [1.54, 1.807) is 24.5 Å². The van der Waals surface area contributed by atoms with Crippen molar-refractivity contribution in [3.05, 3.63) is 89.7 Å². The van der Waals surface area contributed by atoms with Crippen LogP contribution in [0, 0.1) is 0 Å². The van der Waals surface area contributed by atoms with Crippen molar-refractivity contribution < 1.29 is 24.2 Å². The maximum absolute atomic E-state index is 11.1. The number of furan rings is 1. The summed E-state index contributed by atoms with van der Waals surface area (Å²) in [4.78, 5) is 11.1. The Labute approximate surface area is 179 Å². The number of rotatable bonds is 8. The molecule has 6 heteroatoms. The fourth-order valence-electron chi connectivity index (χ4n) is 3.60. The lowest BCUT2D eigenvalue weighted by Crippen LogP contribution is -2.14. The topological polar surface area (TPSA) is 106 Å². The van der Waals surface area contributed by atoms with Crippen molar-refractivity contribution in [2.24, 2.45) is 5.73 Å². The minimum absolute atomic E-state index is 0.0971. The molecule has 31 heavy (non-hydrogen) atoms. The van der Waals surface area contributed by atoms with Crippen molar-refractivity contribution in [1.82, 2.24) is 0 Å². The maximum Gasteiger partial charge on any atom is 0.307 e. The monoisotopic (exact) mass is 417 g/mol. The van der Waals surface area contributed by atoms with Gasteiger partial charge in [0, 0.05) is 16.5 Å². The zero-order valence-electron chi connectivity index (χ0n) is 16.8. The summed E-state index contributed by atoms with van der Waals surface area (Å²) in [5, 5.41) is 19.5. The number of carboxylic acids is 1. The number of fused-ring (bicyclic) bond motifs is 1. The lowest BCUT2D eigenvalue weighted by atomic mass is 9.97. The van der Waals surface area contributed by atoms with E-state index in [4.69, 9.17) is 20.0 Å². The number of carbonyl (C=O) groups is 1. The second kappa shape index (κ2) is 9.04. The van der Waals surface area contributed by atoms with Crippen molar-refractivity contribution in [1.29, 1.82) is 0 Å². The van der Waals surface area contributed by atoms with Gasteiger partial charge >= 0.3 is 5.97 Å². The quantitative estimate of drug-likeness (QED) is 0.395. The number of aliphatic hydroxyl groups is 1. The van der Waals surface area contributed by atoms with Crippen LogP contribution in [-0.4, -0.2) is 22.8 Å². The molecule has 4 rings (SSSR count). The van der Waals surface area contributed by atoms with E-state index in [0.29, 0.717) is 11.3 Å². The molecule has 0 bridgehead atoms. The Kier molecular flexibility index (Phi) is 6.02. The summed E-state index contributed by atoms with van der Waals surface area (Å²) in [7, 11) is 0. The normalized spacial score (nSPS) is 12.1. The zero-order valence-corrected chi connectivity index (χ0v) is 16.8. The second-order valence-electron chi connectivity index (χ2n) is 7.36. The molecule has 6 nitrogen and oxygen atoms in total. The average Bonchev–Trinajstić information content (AvgIpc) is 3.26. The molecule has 0 aliphatic carbocycles. The Morgan fingerprint density at radius 3 is 2.71 bits per heavy atom. The van der Waals surface area contributed by atoms with Crippen LogP contribution in [0.3, 0.4) is 0 Å². The van der Waals surface area contributed by atoms with Crippen molar-refractivity contribution in [2.75, 3.05) is 6.61 Å². The largest absolute Gasteiger partial charge is 0.489 e. The smallest absolute Gasteiger partial charge is 0.307 e. The first-order valence-corrected chi connectivity index (χ1v) is 9.94. The fourth-order valence-corrected chi connectivity index (χ4v) is 3.60. The van der Waals surface area contributed by atoms with Crippen molar-refractivity contribution in [2.45, 2.75) is 19.1 Å². The van der Waals surface area contributed by atoms with Gasteiger partial charge in [0.25, 0.3) is 0 Å². The molecule has 4 aromatic rings. The van der Waals surface area contributed by atoms with Crippen LogP contribution >= 0.6 is 0 Å². The number of ether oxygens (including phenoxy) is 1. The SMILES string of the molecule is N[C@H](CO)c1cccc(-c2cc(COc3ccccc3CC(=O)O)cc3ccoc23)c1. The maximum atomic E-state index is 11.1. The molecular formula is C25H23NO5. The van der Waals surface area contributed by atoms with Gasteiger partial charge in [-0.15, -0.1) is 0 Å². The molecule has 0 aliphatic rings. The summed E-state index contributed by atoms with van der Waals surface area (Å²) in [6, 6.07) is 20.3. The van der Waals surface area contributed by atoms with Crippen LogP contribution in [-0.2, 0) is 17.8 Å². The molecule has 158 valence electrons.